The number of hydrogen-bond donors (Lipinski definition) is 1. The van der Waals surface area contributed by atoms with Gasteiger partial charge in [0.1, 0.15) is 30.3 Å². The Morgan fingerprint density at radius 1 is 0.580 bits per heavy atom. The summed E-state index contributed by atoms with van der Waals surface area (Å²) in [6.07, 6.45) is -7.27. The SMILES string of the molecule is O=C(Oc1ccc(OC2OC(C(=O)OCc3ccccc3)C(O)C(OCc3ccccc3)C2OC(=O)c2ccccc2)cc1)c1ccccc1. The molecule has 1 saturated heterocycles. The quantitative estimate of drug-likeness (QED) is 0.126. The molecule has 6 rings (SSSR count). The molecule has 1 aliphatic heterocycles. The summed E-state index contributed by atoms with van der Waals surface area (Å²) in [6.45, 7) is -0.0508. The van der Waals surface area contributed by atoms with Gasteiger partial charge in [0.05, 0.1) is 17.7 Å². The fourth-order valence-electron chi connectivity index (χ4n) is 5.23. The second kappa shape index (κ2) is 16.5. The molecule has 10 nitrogen and oxygen atoms in total. The zero-order chi connectivity index (χ0) is 34.7. The maximum absolute atomic E-state index is 13.4. The summed E-state index contributed by atoms with van der Waals surface area (Å²) in [7, 11) is 0. The molecule has 0 radical (unpaired) electrons. The Bertz CT molecular complexity index is 1830. The lowest BCUT2D eigenvalue weighted by atomic mass is 9.98. The number of esters is 3. The van der Waals surface area contributed by atoms with Crippen LogP contribution in [0.3, 0.4) is 0 Å². The number of aliphatic hydroxyl groups is 1. The van der Waals surface area contributed by atoms with Gasteiger partial charge < -0.3 is 33.5 Å². The van der Waals surface area contributed by atoms with E-state index in [1.807, 2.05) is 48.5 Å². The average Bonchev–Trinajstić information content (AvgIpc) is 3.17. The van der Waals surface area contributed by atoms with Crippen LogP contribution in [0, 0.1) is 0 Å². The molecular weight excluding hydrogens is 640 g/mol. The third-order valence-corrected chi connectivity index (χ3v) is 7.81. The Balaban J connectivity index is 1.26. The van der Waals surface area contributed by atoms with Crippen LogP contribution in [0.5, 0.6) is 11.5 Å². The highest BCUT2D eigenvalue weighted by atomic mass is 16.7. The minimum Gasteiger partial charge on any atom is -0.461 e. The number of ether oxygens (including phenoxy) is 6. The van der Waals surface area contributed by atoms with Crippen molar-refractivity contribution in [2.24, 2.45) is 0 Å². The van der Waals surface area contributed by atoms with E-state index in [0.29, 0.717) is 5.56 Å². The molecule has 0 saturated carbocycles. The predicted octanol–water partition coefficient (Wildman–Crippen LogP) is 5.92. The summed E-state index contributed by atoms with van der Waals surface area (Å²) in [6, 6.07) is 41.2. The molecule has 0 aliphatic carbocycles. The van der Waals surface area contributed by atoms with Crippen molar-refractivity contribution in [3.63, 3.8) is 0 Å². The summed E-state index contributed by atoms with van der Waals surface area (Å²) in [5, 5.41) is 11.6. The van der Waals surface area contributed by atoms with Crippen molar-refractivity contribution >= 4 is 17.9 Å². The smallest absolute Gasteiger partial charge is 0.343 e. The van der Waals surface area contributed by atoms with E-state index < -0.39 is 48.6 Å². The van der Waals surface area contributed by atoms with Crippen LogP contribution >= 0.6 is 0 Å². The van der Waals surface area contributed by atoms with Crippen LogP contribution in [-0.4, -0.2) is 53.7 Å². The summed E-state index contributed by atoms with van der Waals surface area (Å²) in [5.41, 5.74) is 2.15. The van der Waals surface area contributed by atoms with E-state index in [2.05, 4.69) is 0 Å². The number of carbonyl (C=O) groups excluding carboxylic acids is 3. The number of hydrogen-bond acceptors (Lipinski definition) is 10. The van der Waals surface area contributed by atoms with Crippen molar-refractivity contribution in [3.05, 3.63) is 168 Å². The molecule has 0 aromatic heterocycles. The van der Waals surface area contributed by atoms with E-state index in [4.69, 9.17) is 28.4 Å². The topological polar surface area (TPSA) is 127 Å². The van der Waals surface area contributed by atoms with E-state index >= 15 is 0 Å². The van der Waals surface area contributed by atoms with Gasteiger partial charge in [0.15, 0.2) is 12.2 Å². The number of benzene rings is 5. The van der Waals surface area contributed by atoms with E-state index in [9.17, 15) is 19.5 Å². The van der Waals surface area contributed by atoms with E-state index in [1.165, 1.54) is 24.3 Å². The molecular formula is C40H34O10. The van der Waals surface area contributed by atoms with Gasteiger partial charge in [-0.2, -0.15) is 0 Å². The molecule has 0 bridgehead atoms. The molecule has 1 N–H and O–H groups in total. The van der Waals surface area contributed by atoms with Gasteiger partial charge in [0, 0.05) is 0 Å². The van der Waals surface area contributed by atoms with Gasteiger partial charge in [-0.3, -0.25) is 0 Å². The van der Waals surface area contributed by atoms with Crippen molar-refractivity contribution in [3.8, 4) is 11.5 Å². The zero-order valence-electron chi connectivity index (χ0n) is 26.8. The maximum atomic E-state index is 13.4. The summed E-state index contributed by atoms with van der Waals surface area (Å²) < 4.78 is 35.4. The third-order valence-electron chi connectivity index (χ3n) is 7.81. The lowest BCUT2D eigenvalue weighted by Crippen LogP contribution is -2.63. The molecule has 5 aromatic carbocycles. The first-order valence-corrected chi connectivity index (χ1v) is 15.9. The molecule has 5 unspecified atom stereocenters. The fourth-order valence-corrected chi connectivity index (χ4v) is 5.23. The van der Waals surface area contributed by atoms with Crippen molar-refractivity contribution in [2.75, 3.05) is 0 Å². The predicted molar refractivity (Wildman–Crippen MR) is 180 cm³/mol. The van der Waals surface area contributed by atoms with E-state index in [0.717, 1.165) is 11.1 Å². The van der Waals surface area contributed by atoms with Crippen molar-refractivity contribution < 1.29 is 47.9 Å². The Hall–Kier alpha value is -5.81. The zero-order valence-corrected chi connectivity index (χ0v) is 26.8. The molecule has 1 aliphatic rings. The van der Waals surface area contributed by atoms with Crippen molar-refractivity contribution in [1.29, 1.82) is 0 Å². The summed E-state index contributed by atoms with van der Waals surface area (Å²) in [4.78, 5) is 39.4. The molecule has 50 heavy (non-hydrogen) atoms. The van der Waals surface area contributed by atoms with Gasteiger partial charge in [-0.05, 0) is 59.7 Å². The van der Waals surface area contributed by atoms with Gasteiger partial charge in [-0.25, -0.2) is 14.4 Å². The molecule has 0 amide bonds. The van der Waals surface area contributed by atoms with Gasteiger partial charge >= 0.3 is 17.9 Å². The Kier molecular flexibility index (Phi) is 11.3. The van der Waals surface area contributed by atoms with Gasteiger partial charge in [-0.15, -0.1) is 0 Å². The van der Waals surface area contributed by atoms with Gasteiger partial charge in [0.25, 0.3) is 0 Å². The Morgan fingerprint density at radius 2 is 1.08 bits per heavy atom. The normalized spacial score (nSPS) is 19.9. The molecule has 5 atom stereocenters. The van der Waals surface area contributed by atoms with Crippen LogP contribution in [0.15, 0.2) is 146 Å². The van der Waals surface area contributed by atoms with Gasteiger partial charge in [0.2, 0.25) is 6.29 Å². The van der Waals surface area contributed by atoms with Crippen LogP contribution in [-0.2, 0) is 37.0 Å². The Labute approximate surface area is 288 Å². The molecule has 1 heterocycles. The number of aliphatic hydroxyl groups excluding tert-OH is 1. The highest BCUT2D eigenvalue weighted by Crippen LogP contribution is 2.31. The highest BCUT2D eigenvalue weighted by Gasteiger charge is 2.52. The molecule has 0 spiro atoms. The number of carbonyl (C=O) groups is 3. The monoisotopic (exact) mass is 674 g/mol. The van der Waals surface area contributed by atoms with Crippen molar-refractivity contribution in [1.82, 2.24) is 0 Å². The minimum absolute atomic E-state index is 0.0158. The molecule has 5 aromatic rings. The van der Waals surface area contributed by atoms with Crippen LogP contribution in [0.1, 0.15) is 31.8 Å². The lowest BCUT2D eigenvalue weighted by Gasteiger charge is -2.42. The Morgan fingerprint density at radius 3 is 1.66 bits per heavy atom. The molecule has 10 heteroatoms. The van der Waals surface area contributed by atoms with Crippen LogP contribution in [0.4, 0.5) is 0 Å². The van der Waals surface area contributed by atoms with Crippen molar-refractivity contribution in [2.45, 2.75) is 43.9 Å². The summed E-state index contributed by atoms with van der Waals surface area (Å²) >= 11 is 0. The van der Waals surface area contributed by atoms with Gasteiger partial charge in [-0.1, -0.05) is 97.1 Å². The first-order chi connectivity index (χ1) is 24.4. The second-order valence-corrected chi connectivity index (χ2v) is 11.4. The van der Waals surface area contributed by atoms with E-state index in [1.54, 1.807) is 72.8 Å². The first-order valence-electron chi connectivity index (χ1n) is 15.9. The lowest BCUT2D eigenvalue weighted by molar-refractivity contribution is -0.281. The fraction of sp³-hybridized carbons (Fsp3) is 0.175. The van der Waals surface area contributed by atoms with Crippen LogP contribution in [0.25, 0.3) is 0 Å². The van der Waals surface area contributed by atoms with Crippen LogP contribution in [0.2, 0.25) is 0 Å². The second-order valence-electron chi connectivity index (χ2n) is 11.4. The first kappa shape index (κ1) is 34.1. The third kappa shape index (κ3) is 8.80. The molecule has 254 valence electrons. The highest BCUT2D eigenvalue weighted by molar-refractivity contribution is 5.91. The van der Waals surface area contributed by atoms with Crippen LogP contribution < -0.4 is 9.47 Å². The maximum Gasteiger partial charge on any atom is 0.343 e. The minimum atomic E-state index is -1.62. The average molecular weight is 675 g/mol. The van der Waals surface area contributed by atoms with E-state index in [-0.39, 0.29) is 30.3 Å². The largest absolute Gasteiger partial charge is 0.461 e. The molecule has 1 fully saturated rings. The number of rotatable bonds is 12. The standard InChI is InChI=1S/C40H34O10/c41-33-34(45-25-27-13-5-1-6-14-27)36(49-38(43)30-19-11-4-12-20-30)40(50-35(33)39(44)46-26-28-15-7-2-8-16-28)48-32-23-21-31(22-24-32)47-37(42)29-17-9-3-10-18-29/h1-24,33-36,40-41H,25-26H2. The summed E-state index contributed by atoms with van der Waals surface area (Å²) in [5.74, 6) is -1.64.